The summed E-state index contributed by atoms with van der Waals surface area (Å²) in [5.41, 5.74) is 3.11. The van der Waals surface area contributed by atoms with E-state index in [2.05, 4.69) is 21.2 Å². The molecule has 0 bridgehead atoms. The first-order valence-corrected chi connectivity index (χ1v) is 8.40. The van der Waals surface area contributed by atoms with Gasteiger partial charge in [-0.05, 0) is 30.3 Å². The highest BCUT2D eigenvalue weighted by Crippen LogP contribution is 2.35. The van der Waals surface area contributed by atoms with Crippen LogP contribution in [0.4, 0.5) is 5.69 Å². The lowest BCUT2D eigenvalue weighted by Crippen LogP contribution is -2.24. The number of ether oxygens (including phenoxy) is 1. The lowest BCUT2D eigenvalue weighted by molar-refractivity contribution is -0.674. The zero-order valence-corrected chi connectivity index (χ0v) is 14.3. The van der Waals surface area contributed by atoms with Crippen LogP contribution in [0.15, 0.2) is 67.3 Å². The molecule has 1 aliphatic rings. The summed E-state index contributed by atoms with van der Waals surface area (Å²) in [5, 5.41) is 3.39. The highest BCUT2D eigenvalue weighted by molar-refractivity contribution is 5.77. The standard InChI is InChI=1S/C20H17N5O/c1-23-9-10-25(14-23)15-3-2-4-16(11-15)26-17-5-6-19-18(12-17)20-21-7-8-24(20)13-22-19/h2-12,22H,13H2,1H3. The van der Waals surface area contributed by atoms with Crippen LogP contribution in [0.25, 0.3) is 17.1 Å². The van der Waals surface area contributed by atoms with Crippen LogP contribution in [0.3, 0.4) is 0 Å². The van der Waals surface area contributed by atoms with E-state index in [1.165, 1.54) is 0 Å². The van der Waals surface area contributed by atoms with Crippen LogP contribution in [-0.4, -0.2) is 14.1 Å². The van der Waals surface area contributed by atoms with E-state index in [1.54, 1.807) is 0 Å². The van der Waals surface area contributed by atoms with Crippen molar-refractivity contribution in [2.45, 2.75) is 6.67 Å². The van der Waals surface area contributed by atoms with Crippen molar-refractivity contribution >= 4 is 5.69 Å². The monoisotopic (exact) mass is 343 g/mol. The Balaban J connectivity index is 1.47. The smallest absolute Gasteiger partial charge is 0.243 e. The molecule has 0 saturated heterocycles. The molecular formula is C20H17N5O. The molecule has 0 atom stereocenters. The first kappa shape index (κ1) is 14.8. The van der Waals surface area contributed by atoms with E-state index >= 15 is 0 Å². The number of nitrogens with zero attached hydrogens (tertiary/aromatic N) is 4. The van der Waals surface area contributed by atoms with Crippen LogP contribution < -0.4 is 14.6 Å². The number of fused-ring (bicyclic) bond motifs is 3. The number of hydrogen-bond acceptors (Lipinski definition) is 3. The third-order valence-electron chi connectivity index (χ3n) is 4.42. The fourth-order valence-corrected chi connectivity index (χ4v) is 3.16. The third-order valence-corrected chi connectivity index (χ3v) is 4.42. The van der Waals surface area contributed by atoms with Crippen LogP contribution in [-0.2, 0) is 13.7 Å². The van der Waals surface area contributed by atoms with Gasteiger partial charge in [0.25, 0.3) is 0 Å². The first-order chi connectivity index (χ1) is 12.8. The summed E-state index contributed by atoms with van der Waals surface area (Å²) in [6.45, 7) is 0.732. The Morgan fingerprint density at radius 2 is 2.08 bits per heavy atom. The minimum Gasteiger partial charge on any atom is -0.458 e. The van der Waals surface area contributed by atoms with E-state index in [4.69, 9.17) is 4.74 Å². The van der Waals surface area contributed by atoms with E-state index in [1.807, 2.05) is 83.4 Å². The number of imidazole rings is 2. The molecule has 0 fully saturated rings. The summed E-state index contributed by atoms with van der Waals surface area (Å²) in [7, 11) is 1.95. The molecule has 6 nitrogen and oxygen atoms in total. The molecule has 4 aromatic rings. The van der Waals surface area contributed by atoms with Gasteiger partial charge in [0.2, 0.25) is 6.33 Å². The third kappa shape index (κ3) is 2.52. The summed E-state index contributed by atoms with van der Waals surface area (Å²) in [6.07, 6.45) is 10.9. The average Bonchev–Trinajstić information content (AvgIpc) is 3.31. The number of benzene rings is 2. The van der Waals surface area contributed by atoms with E-state index in [0.717, 1.165) is 40.9 Å². The molecule has 2 aromatic carbocycles. The number of nitrogens with one attached hydrogen (secondary N) is 1. The Hall–Kier alpha value is -3.54. The fourth-order valence-electron chi connectivity index (χ4n) is 3.16. The zero-order valence-electron chi connectivity index (χ0n) is 14.3. The van der Waals surface area contributed by atoms with E-state index in [9.17, 15) is 0 Å². The maximum Gasteiger partial charge on any atom is 0.243 e. The van der Waals surface area contributed by atoms with Gasteiger partial charge in [0.15, 0.2) is 0 Å². The molecule has 1 N–H and O–H groups in total. The van der Waals surface area contributed by atoms with Gasteiger partial charge in [-0.3, -0.25) is 0 Å². The number of rotatable bonds is 3. The summed E-state index contributed by atoms with van der Waals surface area (Å²) < 4.78 is 12.0. The highest BCUT2D eigenvalue weighted by Gasteiger charge is 2.17. The second-order valence-electron chi connectivity index (χ2n) is 6.24. The Bertz CT molecular complexity index is 1100. The zero-order chi connectivity index (χ0) is 17.5. The summed E-state index contributed by atoms with van der Waals surface area (Å²) in [6, 6.07) is 14.0. The van der Waals surface area contributed by atoms with Gasteiger partial charge in [-0.1, -0.05) is 12.1 Å². The molecule has 2 aromatic heterocycles. The summed E-state index contributed by atoms with van der Waals surface area (Å²) in [5.74, 6) is 2.51. The lowest BCUT2D eigenvalue weighted by Gasteiger charge is -2.20. The molecule has 0 unspecified atom stereocenters. The Kier molecular flexibility index (Phi) is 3.28. The van der Waals surface area contributed by atoms with Crippen molar-refractivity contribution in [3.8, 4) is 28.6 Å². The molecular weight excluding hydrogens is 326 g/mol. The molecule has 26 heavy (non-hydrogen) atoms. The van der Waals surface area contributed by atoms with Crippen molar-refractivity contribution in [3.05, 3.63) is 73.6 Å². The molecule has 0 amide bonds. The Labute approximate surface area is 150 Å². The molecule has 0 radical (unpaired) electrons. The Morgan fingerprint density at radius 1 is 1.15 bits per heavy atom. The normalized spacial score (nSPS) is 12.2. The van der Waals surface area contributed by atoms with Crippen molar-refractivity contribution in [3.63, 3.8) is 0 Å². The SMILES string of the molecule is C[n+]1[c-]n(-c2cccc(Oc3ccc4c(c3)-c3nccn3CN4)c2)cc1. The predicted octanol–water partition coefficient (Wildman–Crippen LogP) is 3.14. The van der Waals surface area contributed by atoms with Crippen LogP contribution in [0, 0.1) is 6.33 Å². The molecule has 0 saturated carbocycles. The van der Waals surface area contributed by atoms with Crippen LogP contribution >= 0.6 is 0 Å². The van der Waals surface area contributed by atoms with Crippen molar-refractivity contribution in [1.82, 2.24) is 14.1 Å². The van der Waals surface area contributed by atoms with Gasteiger partial charge in [-0.25, -0.2) is 4.98 Å². The molecule has 1 aliphatic heterocycles. The van der Waals surface area contributed by atoms with Gasteiger partial charge in [-0.15, -0.1) is 0 Å². The van der Waals surface area contributed by atoms with Gasteiger partial charge in [-0.2, -0.15) is 0 Å². The van der Waals surface area contributed by atoms with Gasteiger partial charge >= 0.3 is 0 Å². The second kappa shape index (κ2) is 5.77. The van der Waals surface area contributed by atoms with Crippen molar-refractivity contribution in [2.24, 2.45) is 7.05 Å². The number of aromatic nitrogens is 4. The second-order valence-corrected chi connectivity index (χ2v) is 6.24. The van der Waals surface area contributed by atoms with E-state index in [-0.39, 0.29) is 0 Å². The van der Waals surface area contributed by atoms with Crippen molar-refractivity contribution < 1.29 is 9.30 Å². The van der Waals surface area contributed by atoms with Crippen LogP contribution in [0.5, 0.6) is 11.5 Å². The largest absolute Gasteiger partial charge is 0.458 e. The molecule has 3 heterocycles. The number of hydrogen-bond donors (Lipinski definition) is 1. The number of anilines is 1. The predicted molar refractivity (Wildman–Crippen MR) is 97.1 cm³/mol. The molecule has 0 aliphatic carbocycles. The van der Waals surface area contributed by atoms with Gasteiger partial charge < -0.3 is 23.8 Å². The average molecular weight is 343 g/mol. The van der Waals surface area contributed by atoms with E-state index < -0.39 is 0 Å². The van der Waals surface area contributed by atoms with Gasteiger partial charge in [0, 0.05) is 36.0 Å². The molecule has 5 rings (SSSR count). The van der Waals surface area contributed by atoms with Crippen LogP contribution in [0.1, 0.15) is 0 Å². The van der Waals surface area contributed by atoms with Crippen LogP contribution in [0.2, 0.25) is 0 Å². The number of aryl methyl sites for hydroxylation is 1. The first-order valence-electron chi connectivity index (χ1n) is 8.40. The molecule has 0 spiro atoms. The molecule has 128 valence electrons. The topological polar surface area (TPSA) is 47.9 Å². The minimum absolute atomic E-state index is 0.732. The highest BCUT2D eigenvalue weighted by atomic mass is 16.5. The van der Waals surface area contributed by atoms with Crippen molar-refractivity contribution in [2.75, 3.05) is 5.32 Å². The van der Waals surface area contributed by atoms with E-state index in [0.29, 0.717) is 0 Å². The summed E-state index contributed by atoms with van der Waals surface area (Å²) in [4.78, 5) is 4.46. The lowest BCUT2D eigenvalue weighted by atomic mass is 10.1. The maximum absolute atomic E-state index is 6.11. The van der Waals surface area contributed by atoms with Gasteiger partial charge in [0.1, 0.15) is 17.3 Å². The quantitative estimate of drug-likeness (QED) is 0.459. The van der Waals surface area contributed by atoms with Crippen molar-refractivity contribution in [1.29, 1.82) is 0 Å². The minimum atomic E-state index is 0.732. The molecule has 6 heteroatoms. The van der Waals surface area contributed by atoms with Gasteiger partial charge in [0.05, 0.1) is 19.4 Å². The Morgan fingerprint density at radius 3 is 2.96 bits per heavy atom. The maximum atomic E-state index is 6.11. The fraction of sp³-hybridized carbons (Fsp3) is 0.100. The summed E-state index contributed by atoms with van der Waals surface area (Å²) >= 11 is 0.